The third-order valence-electron chi connectivity index (χ3n) is 3.80. The molecule has 0 spiro atoms. The van der Waals surface area contributed by atoms with Crippen LogP contribution in [0.3, 0.4) is 0 Å². The third kappa shape index (κ3) is 4.76. The first-order chi connectivity index (χ1) is 12.8. The molecule has 1 unspecified atom stereocenters. The van der Waals surface area contributed by atoms with Crippen molar-refractivity contribution in [1.82, 2.24) is 9.78 Å². The first kappa shape index (κ1) is 21.1. The molecule has 0 aliphatic heterocycles. The van der Waals surface area contributed by atoms with E-state index in [1.54, 1.807) is 30.8 Å². The van der Waals surface area contributed by atoms with E-state index in [0.717, 1.165) is 11.3 Å². The maximum absolute atomic E-state index is 12.0. The van der Waals surface area contributed by atoms with E-state index in [4.69, 9.17) is 37.4 Å². The lowest BCUT2D eigenvalue weighted by atomic mass is 10.2. The summed E-state index contributed by atoms with van der Waals surface area (Å²) in [5.41, 5.74) is 1.53. The lowest BCUT2D eigenvalue weighted by molar-refractivity contribution is -0.151. The summed E-state index contributed by atoms with van der Waals surface area (Å²) in [6, 6.07) is 3.05. The summed E-state index contributed by atoms with van der Waals surface area (Å²) < 4.78 is 18.3. The van der Waals surface area contributed by atoms with Crippen molar-refractivity contribution in [2.24, 2.45) is 7.05 Å². The molecule has 0 aliphatic carbocycles. The minimum atomic E-state index is -0.779. The summed E-state index contributed by atoms with van der Waals surface area (Å²) in [7, 11) is 1.75. The standard InChI is InChI=1S/C19H22Cl2N2O4/c1-6-12-11(4)22-23(5)18(12)27-17-10-16(13(20)9-14(17)21)26-15(7-2)19(24)25-8-3/h6,9-10,15H,1,7-8H2,2-5H3. The quantitative estimate of drug-likeness (QED) is 0.558. The first-order valence-electron chi connectivity index (χ1n) is 8.48. The Kier molecular flexibility index (Phi) is 7.16. The fourth-order valence-electron chi connectivity index (χ4n) is 2.48. The Bertz CT molecular complexity index is 849. The van der Waals surface area contributed by atoms with Gasteiger partial charge in [-0.15, -0.1) is 0 Å². The lowest BCUT2D eigenvalue weighted by Crippen LogP contribution is -2.28. The summed E-state index contributed by atoms with van der Waals surface area (Å²) in [5.74, 6) is 0.621. The monoisotopic (exact) mass is 412 g/mol. The number of hydrogen-bond donors (Lipinski definition) is 0. The van der Waals surface area contributed by atoms with Gasteiger partial charge in [-0.25, -0.2) is 9.48 Å². The number of esters is 1. The highest BCUT2D eigenvalue weighted by Gasteiger charge is 2.23. The molecule has 6 nitrogen and oxygen atoms in total. The molecule has 0 bridgehead atoms. The average Bonchev–Trinajstić information content (AvgIpc) is 2.89. The van der Waals surface area contributed by atoms with E-state index in [2.05, 4.69) is 11.7 Å². The van der Waals surface area contributed by atoms with Crippen molar-refractivity contribution in [3.8, 4) is 17.4 Å². The van der Waals surface area contributed by atoms with Crippen LogP contribution in [0.2, 0.25) is 10.0 Å². The summed E-state index contributed by atoms with van der Waals surface area (Å²) in [6.45, 7) is 9.46. The molecule has 2 rings (SSSR count). The fourth-order valence-corrected chi connectivity index (χ4v) is 2.95. The van der Waals surface area contributed by atoms with E-state index < -0.39 is 12.1 Å². The van der Waals surface area contributed by atoms with Crippen LogP contribution in [0.25, 0.3) is 6.08 Å². The Morgan fingerprint density at radius 2 is 1.96 bits per heavy atom. The molecule has 2 aromatic rings. The zero-order chi connectivity index (χ0) is 20.1. The highest BCUT2D eigenvalue weighted by atomic mass is 35.5. The second-order valence-corrected chi connectivity index (χ2v) is 6.53. The van der Waals surface area contributed by atoms with E-state index in [-0.39, 0.29) is 17.4 Å². The highest BCUT2D eigenvalue weighted by molar-refractivity contribution is 6.36. The molecule has 1 atom stereocenters. The van der Waals surface area contributed by atoms with Crippen LogP contribution in [0.1, 0.15) is 31.5 Å². The van der Waals surface area contributed by atoms with Gasteiger partial charge < -0.3 is 14.2 Å². The molecule has 8 heteroatoms. The molecule has 27 heavy (non-hydrogen) atoms. The first-order valence-corrected chi connectivity index (χ1v) is 9.24. The third-order valence-corrected chi connectivity index (χ3v) is 4.39. The van der Waals surface area contributed by atoms with Gasteiger partial charge in [-0.05, 0) is 26.3 Å². The Hall–Kier alpha value is -2.18. The number of carbonyl (C=O) groups is 1. The number of aromatic nitrogens is 2. The van der Waals surface area contributed by atoms with Crippen molar-refractivity contribution in [3.05, 3.63) is 40.0 Å². The minimum Gasteiger partial charge on any atom is -0.477 e. The Morgan fingerprint density at radius 3 is 2.56 bits per heavy atom. The number of benzene rings is 1. The van der Waals surface area contributed by atoms with Crippen molar-refractivity contribution in [2.75, 3.05) is 6.61 Å². The van der Waals surface area contributed by atoms with E-state index in [9.17, 15) is 4.79 Å². The van der Waals surface area contributed by atoms with Crippen molar-refractivity contribution >= 4 is 35.2 Å². The Balaban J connectivity index is 2.36. The van der Waals surface area contributed by atoms with Gasteiger partial charge in [0.15, 0.2) is 11.9 Å². The van der Waals surface area contributed by atoms with Crippen molar-refractivity contribution in [2.45, 2.75) is 33.3 Å². The molecular formula is C19H22Cl2N2O4. The number of nitrogens with zero attached hydrogens (tertiary/aromatic N) is 2. The maximum atomic E-state index is 12.0. The van der Waals surface area contributed by atoms with Crippen molar-refractivity contribution in [1.29, 1.82) is 0 Å². The average molecular weight is 413 g/mol. The molecule has 1 heterocycles. The Labute approximate surface area is 168 Å². The predicted octanol–water partition coefficient (Wildman–Crippen LogP) is 5.19. The highest BCUT2D eigenvalue weighted by Crippen LogP contribution is 2.39. The summed E-state index contributed by atoms with van der Waals surface area (Å²) in [6.07, 6.45) is 1.31. The number of carbonyl (C=O) groups excluding carboxylic acids is 1. The molecule has 0 saturated carbocycles. The predicted molar refractivity (Wildman–Crippen MR) is 106 cm³/mol. The molecule has 0 aliphatic rings. The van der Waals surface area contributed by atoms with Crippen LogP contribution in [-0.4, -0.2) is 28.5 Å². The zero-order valence-corrected chi connectivity index (χ0v) is 17.2. The van der Waals surface area contributed by atoms with Crippen LogP contribution >= 0.6 is 23.2 Å². The van der Waals surface area contributed by atoms with Gasteiger partial charge in [0.25, 0.3) is 0 Å². The van der Waals surface area contributed by atoms with E-state index in [0.29, 0.717) is 23.1 Å². The van der Waals surface area contributed by atoms with E-state index in [1.165, 1.54) is 6.07 Å². The van der Waals surface area contributed by atoms with Gasteiger partial charge in [-0.1, -0.05) is 42.8 Å². The molecule has 0 N–H and O–H groups in total. The smallest absolute Gasteiger partial charge is 0.347 e. The second kappa shape index (κ2) is 9.15. The topological polar surface area (TPSA) is 62.6 Å². The van der Waals surface area contributed by atoms with Gasteiger partial charge in [-0.2, -0.15) is 5.10 Å². The van der Waals surface area contributed by atoms with Crippen LogP contribution in [0.4, 0.5) is 0 Å². The Morgan fingerprint density at radius 1 is 1.30 bits per heavy atom. The molecular weight excluding hydrogens is 391 g/mol. The molecule has 0 fully saturated rings. The lowest BCUT2D eigenvalue weighted by Gasteiger charge is -2.18. The molecule has 146 valence electrons. The molecule has 0 saturated heterocycles. The van der Waals surface area contributed by atoms with Gasteiger partial charge in [0.05, 0.1) is 27.9 Å². The zero-order valence-electron chi connectivity index (χ0n) is 15.7. The maximum Gasteiger partial charge on any atom is 0.347 e. The molecule has 1 aromatic carbocycles. The van der Waals surface area contributed by atoms with Crippen molar-refractivity contribution < 1.29 is 19.0 Å². The normalized spacial score (nSPS) is 11.8. The van der Waals surface area contributed by atoms with Crippen LogP contribution in [0, 0.1) is 6.92 Å². The van der Waals surface area contributed by atoms with Gasteiger partial charge in [0.1, 0.15) is 5.75 Å². The van der Waals surface area contributed by atoms with E-state index in [1.807, 2.05) is 13.8 Å². The number of hydrogen-bond acceptors (Lipinski definition) is 5. The van der Waals surface area contributed by atoms with Gasteiger partial charge >= 0.3 is 5.97 Å². The number of ether oxygens (including phenoxy) is 3. The summed E-state index contributed by atoms with van der Waals surface area (Å²) >= 11 is 12.5. The minimum absolute atomic E-state index is 0.264. The van der Waals surface area contributed by atoms with Gasteiger partial charge in [0, 0.05) is 13.1 Å². The number of rotatable bonds is 8. The van der Waals surface area contributed by atoms with Gasteiger partial charge in [0.2, 0.25) is 5.88 Å². The van der Waals surface area contributed by atoms with Crippen LogP contribution in [0.15, 0.2) is 18.7 Å². The van der Waals surface area contributed by atoms with E-state index >= 15 is 0 Å². The largest absolute Gasteiger partial charge is 0.477 e. The van der Waals surface area contributed by atoms with Crippen LogP contribution in [0.5, 0.6) is 17.4 Å². The van der Waals surface area contributed by atoms with Crippen LogP contribution < -0.4 is 9.47 Å². The SMILES string of the molecule is C=Cc1c(C)nn(C)c1Oc1cc(OC(CC)C(=O)OCC)c(Cl)cc1Cl. The number of halogens is 2. The fraction of sp³-hybridized carbons (Fsp3) is 0.368. The second-order valence-electron chi connectivity index (χ2n) is 5.71. The summed E-state index contributed by atoms with van der Waals surface area (Å²) in [4.78, 5) is 12.0. The van der Waals surface area contributed by atoms with Crippen molar-refractivity contribution in [3.63, 3.8) is 0 Å². The number of aryl methyl sites for hydroxylation is 2. The molecule has 0 radical (unpaired) electrons. The molecule has 1 aromatic heterocycles. The molecule has 0 amide bonds. The summed E-state index contributed by atoms with van der Waals surface area (Å²) in [5, 5.41) is 4.87. The van der Waals surface area contributed by atoms with Crippen LogP contribution in [-0.2, 0) is 16.6 Å². The van der Waals surface area contributed by atoms with Gasteiger partial charge in [-0.3, -0.25) is 0 Å².